The first-order chi connectivity index (χ1) is 10.7. The fourth-order valence-corrected chi connectivity index (χ4v) is 2.99. The van der Waals surface area contributed by atoms with Crippen molar-refractivity contribution in [3.8, 4) is 10.7 Å². The third kappa shape index (κ3) is 2.82. The average molecular weight is 312 g/mol. The van der Waals surface area contributed by atoms with Gasteiger partial charge in [0, 0.05) is 18.4 Å². The van der Waals surface area contributed by atoms with Gasteiger partial charge in [0.15, 0.2) is 5.69 Å². The number of fused-ring (bicyclic) bond motifs is 1. The molecule has 0 bridgehead atoms. The maximum absolute atomic E-state index is 12.4. The SMILES string of the molecule is CCC(C)NC(=O)c1nccnc1-c1nc2ccccc2s1. The Hall–Kier alpha value is -2.34. The lowest BCUT2D eigenvalue weighted by Crippen LogP contribution is -2.33. The topological polar surface area (TPSA) is 67.8 Å². The largest absolute Gasteiger partial charge is 0.348 e. The lowest BCUT2D eigenvalue weighted by atomic mass is 10.2. The lowest BCUT2D eigenvalue weighted by Gasteiger charge is -2.11. The molecule has 2 heterocycles. The van der Waals surface area contributed by atoms with Crippen molar-refractivity contribution in [2.45, 2.75) is 26.3 Å². The van der Waals surface area contributed by atoms with Crippen molar-refractivity contribution in [1.82, 2.24) is 20.3 Å². The minimum atomic E-state index is -0.211. The van der Waals surface area contributed by atoms with Crippen LogP contribution in [0.4, 0.5) is 0 Å². The number of amides is 1. The van der Waals surface area contributed by atoms with Gasteiger partial charge in [0.2, 0.25) is 0 Å². The molecule has 0 fully saturated rings. The van der Waals surface area contributed by atoms with Crippen LogP contribution in [0, 0.1) is 0 Å². The number of hydrogen-bond donors (Lipinski definition) is 1. The highest BCUT2D eigenvalue weighted by atomic mass is 32.1. The van der Waals surface area contributed by atoms with E-state index >= 15 is 0 Å². The number of carbonyl (C=O) groups is 1. The summed E-state index contributed by atoms with van der Waals surface area (Å²) in [7, 11) is 0. The molecule has 1 N–H and O–H groups in total. The number of para-hydroxylation sites is 1. The van der Waals surface area contributed by atoms with Crippen molar-refractivity contribution >= 4 is 27.5 Å². The first-order valence-corrected chi connectivity index (χ1v) is 7.98. The second kappa shape index (κ2) is 6.19. The molecule has 0 radical (unpaired) electrons. The van der Waals surface area contributed by atoms with E-state index in [1.807, 2.05) is 38.1 Å². The fraction of sp³-hybridized carbons (Fsp3) is 0.250. The molecule has 0 saturated carbocycles. The van der Waals surface area contributed by atoms with Crippen molar-refractivity contribution < 1.29 is 4.79 Å². The van der Waals surface area contributed by atoms with Crippen molar-refractivity contribution in [3.05, 3.63) is 42.4 Å². The number of hydrogen-bond acceptors (Lipinski definition) is 5. The van der Waals surface area contributed by atoms with Crippen LogP contribution in [0.15, 0.2) is 36.7 Å². The van der Waals surface area contributed by atoms with E-state index in [0.717, 1.165) is 16.6 Å². The van der Waals surface area contributed by atoms with Gasteiger partial charge in [-0.2, -0.15) is 0 Å². The molecule has 0 aliphatic carbocycles. The number of benzene rings is 1. The zero-order chi connectivity index (χ0) is 15.5. The van der Waals surface area contributed by atoms with Crippen LogP contribution in [-0.2, 0) is 0 Å². The van der Waals surface area contributed by atoms with Gasteiger partial charge in [-0.3, -0.25) is 4.79 Å². The summed E-state index contributed by atoms with van der Waals surface area (Å²) in [5, 5.41) is 3.64. The van der Waals surface area contributed by atoms with Crippen molar-refractivity contribution in [3.63, 3.8) is 0 Å². The number of rotatable bonds is 4. The Kier molecular flexibility index (Phi) is 4.11. The van der Waals surface area contributed by atoms with Crippen LogP contribution >= 0.6 is 11.3 Å². The Morgan fingerprint density at radius 2 is 2.05 bits per heavy atom. The summed E-state index contributed by atoms with van der Waals surface area (Å²) in [6.07, 6.45) is 3.98. The second-order valence-corrected chi connectivity index (χ2v) is 6.05. The molecule has 2 aromatic heterocycles. The molecular weight excluding hydrogens is 296 g/mol. The van der Waals surface area contributed by atoms with Crippen LogP contribution in [0.1, 0.15) is 30.8 Å². The normalized spacial score (nSPS) is 12.3. The molecule has 1 unspecified atom stereocenters. The van der Waals surface area contributed by atoms with Gasteiger partial charge in [0.1, 0.15) is 10.7 Å². The third-order valence-corrected chi connectivity index (χ3v) is 4.44. The number of nitrogens with one attached hydrogen (secondary N) is 1. The summed E-state index contributed by atoms with van der Waals surface area (Å²) in [6, 6.07) is 7.96. The Balaban J connectivity index is 2.02. The molecular formula is C16H16N4OS. The smallest absolute Gasteiger partial charge is 0.272 e. The molecule has 0 saturated heterocycles. The van der Waals surface area contributed by atoms with E-state index in [2.05, 4.69) is 20.3 Å². The van der Waals surface area contributed by atoms with Gasteiger partial charge < -0.3 is 5.32 Å². The predicted molar refractivity (Wildman–Crippen MR) is 87.9 cm³/mol. The number of carbonyl (C=O) groups excluding carboxylic acids is 1. The van der Waals surface area contributed by atoms with Crippen LogP contribution < -0.4 is 5.32 Å². The zero-order valence-electron chi connectivity index (χ0n) is 12.4. The van der Waals surface area contributed by atoms with E-state index in [4.69, 9.17) is 0 Å². The molecule has 6 heteroatoms. The molecule has 0 spiro atoms. The molecule has 3 aromatic rings. The third-order valence-electron chi connectivity index (χ3n) is 3.40. The summed E-state index contributed by atoms with van der Waals surface area (Å²) in [4.78, 5) is 25.5. The summed E-state index contributed by atoms with van der Waals surface area (Å²) < 4.78 is 1.07. The first kappa shape index (κ1) is 14.6. The van der Waals surface area contributed by atoms with E-state index in [-0.39, 0.29) is 11.9 Å². The van der Waals surface area contributed by atoms with Gasteiger partial charge in [-0.1, -0.05) is 19.1 Å². The summed E-state index contributed by atoms with van der Waals surface area (Å²) >= 11 is 1.51. The Bertz CT molecular complexity index is 782. The molecule has 5 nitrogen and oxygen atoms in total. The van der Waals surface area contributed by atoms with Gasteiger partial charge >= 0.3 is 0 Å². The molecule has 1 amide bonds. The summed E-state index contributed by atoms with van der Waals surface area (Å²) in [5.41, 5.74) is 1.76. The Labute approximate surface area is 132 Å². The maximum Gasteiger partial charge on any atom is 0.272 e. The Morgan fingerprint density at radius 1 is 1.27 bits per heavy atom. The fourth-order valence-electron chi connectivity index (χ4n) is 2.03. The van der Waals surface area contributed by atoms with E-state index < -0.39 is 0 Å². The quantitative estimate of drug-likeness (QED) is 0.802. The highest BCUT2D eigenvalue weighted by Gasteiger charge is 2.19. The van der Waals surface area contributed by atoms with Crippen molar-refractivity contribution in [1.29, 1.82) is 0 Å². The molecule has 0 aliphatic heterocycles. The van der Waals surface area contributed by atoms with E-state index in [9.17, 15) is 4.79 Å². The Morgan fingerprint density at radius 3 is 2.82 bits per heavy atom. The van der Waals surface area contributed by atoms with Crippen LogP contribution in [0.3, 0.4) is 0 Å². The van der Waals surface area contributed by atoms with E-state index in [1.54, 1.807) is 6.20 Å². The first-order valence-electron chi connectivity index (χ1n) is 7.17. The number of thiazole rings is 1. The van der Waals surface area contributed by atoms with Gasteiger partial charge in [-0.05, 0) is 25.5 Å². The van der Waals surface area contributed by atoms with Crippen LogP contribution in [0.5, 0.6) is 0 Å². The molecule has 0 aliphatic rings. The van der Waals surface area contributed by atoms with Crippen molar-refractivity contribution in [2.75, 3.05) is 0 Å². The minimum Gasteiger partial charge on any atom is -0.348 e. The number of nitrogens with zero attached hydrogens (tertiary/aromatic N) is 3. The van der Waals surface area contributed by atoms with E-state index in [1.165, 1.54) is 17.5 Å². The maximum atomic E-state index is 12.4. The summed E-state index contributed by atoms with van der Waals surface area (Å²) in [6.45, 7) is 3.99. The van der Waals surface area contributed by atoms with Crippen LogP contribution in [0.25, 0.3) is 20.9 Å². The second-order valence-electron chi connectivity index (χ2n) is 5.02. The number of aromatic nitrogens is 3. The van der Waals surface area contributed by atoms with Crippen molar-refractivity contribution in [2.24, 2.45) is 0 Å². The molecule has 112 valence electrons. The monoisotopic (exact) mass is 312 g/mol. The van der Waals surface area contributed by atoms with Gasteiger partial charge in [0.25, 0.3) is 5.91 Å². The van der Waals surface area contributed by atoms with Crippen LogP contribution in [0.2, 0.25) is 0 Å². The molecule has 1 aromatic carbocycles. The minimum absolute atomic E-state index is 0.0951. The lowest BCUT2D eigenvalue weighted by molar-refractivity contribution is 0.0934. The molecule has 22 heavy (non-hydrogen) atoms. The van der Waals surface area contributed by atoms with Gasteiger partial charge in [0.05, 0.1) is 10.2 Å². The standard InChI is InChI=1S/C16H16N4OS/c1-3-10(2)19-15(21)13-14(18-9-8-17-13)16-20-11-6-4-5-7-12(11)22-16/h4-10H,3H2,1-2H3,(H,19,21). The molecule has 1 atom stereocenters. The highest BCUT2D eigenvalue weighted by Crippen LogP contribution is 2.29. The summed E-state index contributed by atoms with van der Waals surface area (Å²) in [5.74, 6) is -0.211. The van der Waals surface area contributed by atoms with Gasteiger partial charge in [-0.15, -0.1) is 11.3 Å². The predicted octanol–water partition coefficient (Wildman–Crippen LogP) is 3.28. The average Bonchev–Trinajstić information content (AvgIpc) is 2.98. The molecule has 3 rings (SSSR count). The zero-order valence-corrected chi connectivity index (χ0v) is 13.2. The van der Waals surface area contributed by atoms with Crippen LogP contribution in [-0.4, -0.2) is 26.9 Å². The van der Waals surface area contributed by atoms with E-state index in [0.29, 0.717) is 16.4 Å². The highest BCUT2D eigenvalue weighted by molar-refractivity contribution is 7.21. The van der Waals surface area contributed by atoms with Gasteiger partial charge in [-0.25, -0.2) is 15.0 Å².